The predicted octanol–water partition coefficient (Wildman–Crippen LogP) is 7.97. The Morgan fingerprint density at radius 2 is 1.06 bits per heavy atom. The fraction of sp³-hybridized carbons (Fsp3) is 0.450. The van der Waals surface area contributed by atoms with Crippen molar-refractivity contribution in [1.82, 2.24) is 0 Å². The molecule has 0 saturated carbocycles. The van der Waals surface area contributed by atoms with Gasteiger partial charge in [0.05, 0.1) is 37.6 Å². The van der Waals surface area contributed by atoms with Gasteiger partial charge in [-0.15, -0.1) is 0 Å². The summed E-state index contributed by atoms with van der Waals surface area (Å²) in [5.41, 5.74) is 9.56. The van der Waals surface area contributed by atoms with Gasteiger partial charge in [0.15, 0.2) is 0 Å². The summed E-state index contributed by atoms with van der Waals surface area (Å²) in [6.07, 6.45) is 8.82. The Kier molecular flexibility index (Phi) is 12.1. The SMILES string of the molecule is CCOC(=O)CCCCCOc1ccc2c(c1)CCc1c(C#N)c(C#N)c3c(c1-2)-c1ccc(OCCCCCC(=O)OCC)cc1CC3. The molecule has 0 aliphatic heterocycles. The number of carbonyl (C=O) groups is 2. The third-order valence-corrected chi connectivity index (χ3v) is 9.11. The Balaban J connectivity index is 1.33. The van der Waals surface area contributed by atoms with E-state index in [0.29, 0.717) is 63.2 Å². The van der Waals surface area contributed by atoms with Gasteiger partial charge in [0.1, 0.15) is 23.6 Å². The number of ether oxygens (including phenoxy) is 4. The quantitative estimate of drug-likeness (QED) is 0.113. The molecule has 0 amide bonds. The molecule has 0 heterocycles. The Hall–Kier alpha value is -4.82. The molecule has 0 saturated heterocycles. The monoisotopic (exact) mass is 648 g/mol. The van der Waals surface area contributed by atoms with Gasteiger partial charge in [-0.05, 0) is 147 Å². The van der Waals surface area contributed by atoms with E-state index in [1.54, 1.807) is 0 Å². The molecular weight excluding hydrogens is 604 g/mol. The normalized spacial score (nSPS) is 12.3. The minimum Gasteiger partial charge on any atom is -0.494 e. The van der Waals surface area contributed by atoms with Crippen LogP contribution in [0.15, 0.2) is 36.4 Å². The number of hydrogen-bond acceptors (Lipinski definition) is 8. The summed E-state index contributed by atoms with van der Waals surface area (Å²) in [5.74, 6) is 1.33. The third-order valence-electron chi connectivity index (χ3n) is 9.11. The molecule has 0 radical (unpaired) electrons. The van der Waals surface area contributed by atoms with Crippen LogP contribution in [0.5, 0.6) is 11.5 Å². The number of rotatable bonds is 16. The maximum absolute atomic E-state index is 11.6. The summed E-state index contributed by atoms with van der Waals surface area (Å²) < 4.78 is 22.2. The van der Waals surface area contributed by atoms with Crippen molar-refractivity contribution in [2.45, 2.75) is 90.9 Å². The number of esters is 2. The van der Waals surface area contributed by atoms with Crippen LogP contribution in [0.4, 0.5) is 0 Å². The lowest BCUT2D eigenvalue weighted by Crippen LogP contribution is -2.16. The van der Waals surface area contributed by atoms with Gasteiger partial charge in [-0.3, -0.25) is 9.59 Å². The van der Waals surface area contributed by atoms with E-state index in [2.05, 4.69) is 36.4 Å². The lowest BCUT2D eigenvalue weighted by atomic mass is 9.72. The average molecular weight is 649 g/mol. The van der Waals surface area contributed by atoms with E-state index in [0.717, 1.165) is 96.2 Å². The van der Waals surface area contributed by atoms with Gasteiger partial charge in [0, 0.05) is 12.8 Å². The van der Waals surface area contributed by atoms with Crippen molar-refractivity contribution < 1.29 is 28.5 Å². The predicted molar refractivity (Wildman–Crippen MR) is 183 cm³/mol. The summed E-state index contributed by atoms with van der Waals surface area (Å²) >= 11 is 0. The molecule has 3 aromatic carbocycles. The highest BCUT2D eigenvalue weighted by atomic mass is 16.5. The van der Waals surface area contributed by atoms with E-state index in [1.807, 2.05) is 26.0 Å². The van der Waals surface area contributed by atoms with E-state index in [-0.39, 0.29) is 11.9 Å². The molecule has 8 heteroatoms. The zero-order valence-electron chi connectivity index (χ0n) is 28.1. The van der Waals surface area contributed by atoms with Crippen molar-refractivity contribution in [2.75, 3.05) is 26.4 Å². The molecule has 2 aliphatic rings. The Bertz CT molecular complexity index is 1600. The maximum atomic E-state index is 11.6. The van der Waals surface area contributed by atoms with Crippen molar-refractivity contribution in [3.8, 4) is 45.9 Å². The molecule has 8 nitrogen and oxygen atoms in total. The average Bonchev–Trinajstić information content (AvgIpc) is 3.10. The lowest BCUT2D eigenvalue weighted by Gasteiger charge is -2.31. The van der Waals surface area contributed by atoms with Gasteiger partial charge in [0.25, 0.3) is 0 Å². The maximum Gasteiger partial charge on any atom is 0.305 e. The first-order valence-corrected chi connectivity index (χ1v) is 17.3. The van der Waals surface area contributed by atoms with Crippen molar-refractivity contribution in [3.05, 3.63) is 69.8 Å². The van der Waals surface area contributed by atoms with E-state index in [1.165, 1.54) is 11.1 Å². The fourth-order valence-electron chi connectivity index (χ4n) is 6.88. The zero-order chi connectivity index (χ0) is 33.9. The second kappa shape index (κ2) is 16.8. The molecule has 0 aromatic heterocycles. The fourth-order valence-corrected chi connectivity index (χ4v) is 6.88. The summed E-state index contributed by atoms with van der Waals surface area (Å²) in [6, 6.07) is 17.2. The number of unbranched alkanes of at least 4 members (excludes halogenated alkanes) is 4. The molecule has 0 bridgehead atoms. The van der Waals surface area contributed by atoms with Crippen LogP contribution in [0.3, 0.4) is 0 Å². The van der Waals surface area contributed by atoms with Crippen LogP contribution < -0.4 is 9.47 Å². The Morgan fingerprint density at radius 1 is 0.625 bits per heavy atom. The molecular formula is C40H44N2O6. The highest BCUT2D eigenvalue weighted by molar-refractivity contribution is 5.95. The van der Waals surface area contributed by atoms with E-state index < -0.39 is 0 Å². The second-order valence-corrected chi connectivity index (χ2v) is 12.2. The van der Waals surface area contributed by atoms with E-state index in [4.69, 9.17) is 18.9 Å². The van der Waals surface area contributed by atoms with Crippen molar-refractivity contribution >= 4 is 11.9 Å². The summed E-state index contributed by atoms with van der Waals surface area (Å²) in [7, 11) is 0. The number of nitriles is 2. The van der Waals surface area contributed by atoms with E-state index >= 15 is 0 Å². The first-order chi connectivity index (χ1) is 23.5. The van der Waals surface area contributed by atoms with Gasteiger partial charge in [0.2, 0.25) is 0 Å². The number of aryl methyl sites for hydroxylation is 2. The van der Waals surface area contributed by atoms with Gasteiger partial charge >= 0.3 is 11.9 Å². The van der Waals surface area contributed by atoms with Crippen LogP contribution in [-0.4, -0.2) is 38.4 Å². The van der Waals surface area contributed by atoms with Crippen molar-refractivity contribution in [1.29, 1.82) is 10.5 Å². The number of carbonyl (C=O) groups excluding carboxylic acids is 2. The number of hydrogen-bond donors (Lipinski definition) is 0. The van der Waals surface area contributed by atoms with Gasteiger partial charge in [-0.2, -0.15) is 10.5 Å². The zero-order valence-corrected chi connectivity index (χ0v) is 28.1. The number of nitrogens with zero attached hydrogens (tertiary/aromatic N) is 2. The first-order valence-electron chi connectivity index (χ1n) is 17.3. The molecule has 0 fully saturated rings. The van der Waals surface area contributed by atoms with Crippen LogP contribution in [0.25, 0.3) is 22.3 Å². The molecule has 5 rings (SSSR count). The molecule has 250 valence electrons. The molecule has 0 unspecified atom stereocenters. The third kappa shape index (κ3) is 8.00. The van der Waals surface area contributed by atoms with Crippen LogP contribution in [0.2, 0.25) is 0 Å². The highest BCUT2D eigenvalue weighted by Gasteiger charge is 2.32. The molecule has 0 N–H and O–H groups in total. The Labute approximate surface area is 283 Å². The minimum absolute atomic E-state index is 0.149. The van der Waals surface area contributed by atoms with Crippen molar-refractivity contribution in [3.63, 3.8) is 0 Å². The number of benzene rings is 3. The van der Waals surface area contributed by atoms with E-state index in [9.17, 15) is 20.1 Å². The van der Waals surface area contributed by atoms with Crippen molar-refractivity contribution in [2.24, 2.45) is 0 Å². The Morgan fingerprint density at radius 3 is 1.46 bits per heavy atom. The molecule has 48 heavy (non-hydrogen) atoms. The molecule has 2 aliphatic carbocycles. The topological polar surface area (TPSA) is 119 Å². The van der Waals surface area contributed by atoms with Crippen LogP contribution >= 0.6 is 0 Å². The van der Waals surface area contributed by atoms with Crippen LogP contribution in [0, 0.1) is 22.7 Å². The molecule has 0 spiro atoms. The van der Waals surface area contributed by atoms with Gasteiger partial charge < -0.3 is 18.9 Å². The molecule has 3 aromatic rings. The molecule has 0 atom stereocenters. The summed E-state index contributed by atoms with van der Waals surface area (Å²) in [4.78, 5) is 23.1. The summed E-state index contributed by atoms with van der Waals surface area (Å²) in [6.45, 7) is 5.60. The highest BCUT2D eigenvalue weighted by Crippen LogP contribution is 2.49. The number of fused-ring (bicyclic) bond motifs is 7. The van der Waals surface area contributed by atoms with Gasteiger partial charge in [-0.25, -0.2) is 0 Å². The van der Waals surface area contributed by atoms with Crippen LogP contribution in [0.1, 0.15) is 98.6 Å². The standard InChI is InChI=1S/C40H44N2O6/c1-3-45-37(43)11-7-5-9-21-47-29-15-19-31-27(23-29)13-17-33-35(25-41)36(26-42)34-18-14-28-24-30(16-20-32(28)40(34)39(31)33)48-22-10-6-8-12-38(44)46-4-2/h15-16,19-20,23-24H,3-14,17-18,21-22H2,1-2H3. The van der Waals surface area contributed by atoms with Gasteiger partial charge in [-0.1, -0.05) is 12.1 Å². The first kappa shape index (κ1) is 34.5. The lowest BCUT2D eigenvalue weighted by molar-refractivity contribution is -0.144. The minimum atomic E-state index is -0.149. The van der Waals surface area contributed by atoms with Crippen LogP contribution in [-0.2, 0) is 44.7 Å². The largest absolute Gasteiger partial charge is 0.494 e. The summed E-state index contributed by atoms with van der Waals surface area (Å²) in [5, 5.41) is 20.5. The second-order valence-electron chi connectivity index (χ2n) is 12.2. The smallest absolute Gasteiger partial charge is 0.305 e.